The first-order valence-corrected chi connectivity index (χ1v) is 12.8. The van der Waals surface area contributed by atoms with Crippen molar-refractivity contribution in [2.75, 3.05) is 0 Å². The van der Waals surface area contributed by atoms with E-state index in [9.17, 15) is 10.2 Å². The van der Waals surface area contributed by atoms with Crippen LogP contribution in [0.1, 0.15) is 98.8 Å². The first-order chi connectivity index (χ1) is 14.1. The second-order valence-corrected chi connectivity index (χ2v) is 12.3. The van der Waals surface area contributed by atoms with Gasteiger partial charge < -0.3 is 10.2 Å². The predicted octanol–water partition coefficient (Wildman–Crippen LogP) is 6.67. The van der Waals surface area contributed by atoms with Crippen LogP contribution in [-0.4, -0.2) is 22.4 Å². The van der Waals surface area contributed by atoms with E-state index < -0.39 is 0 Å². The molecule has 30 heavy (non-hydrogen) atoms. The monoisotopic (exact) mass is 414 g/mol. The lowest BCUT2D eigenvalue weighted by Crippen LogP contribution is -2.50. The molecule has 0 radical (unpaired) electrons. The summed E-state index contributed by atoms with van der Waals surface area (Å²) in [5, 5.41) is 21.4. The molecule has 8 atom stereocenters. The number of allylic oxidation sites excluding steroid dienone is 2. The maximum atomic E-state index is 11.1. The van der Waals surface area contributed by atoms with Crippen LogP contribution in [0, 0.1) is 40.4 Å². The van der Waals surface area contributed by atoms with Gasteiger partial charge in [-0.2, -0.15) is 0 Å². The van der Waals surface area contributed by atoms with Gasteiger partial charge in [0.15, 0.2) is 0 Å². The van der Waals surface area contributed by atoms with Crippen molar-refractivity contribution in [1.82, 2.24) is 0 Å². The first-order valence-electron chi connectivity index (χ1n) is 12.8. The van der Waals surface area contributed by atoms with Crippen LogP contribution in [0.15, 0.2) is 23.3 Å². The number of aliphatic hydroxyl groups excluding tert-OH is 2. The molecule has 2 N–H and O–H groups in total. The smallest absolute Gasteiger partial charge is 0.0614 e. The van der Waals surface area contributed by atoms with Gasteiger partial charge >= 0.3 is 0 Å². The molecule has 2 heteroatoms. The van der Waals surface area contributed by atoms with Gasteiger partial charge in [0.2, 0.25) is 0 Å². The molecule has 2 fully saturated rings. The van der Waals surface area contributed by atoms with Crippen molar-refractivity contribution >= 4 is 0 Å². The molecule has 2 saturated carbocycles. The molecule has 0 aromatic heterocycles. The van der Waals surface area contributed by atoms with Crippen molar-refractivity contribution in [3.8, 4) is 0 Å². The van der Waals surface area contributed by atoms with Gasteiger partial charge in [-0.1, -0.05) is 57.9 Å². The highest BCUT2D eigenvalue weighted by Gasteiger charge is 2.57. The van der Waals surface area contributed by atoms with Crippen molar-refractivity contribution in [1.29, 1.82) is 0 Å². The average Bonchev–Trinajstić information content (AvgIpc) is 3.04. The number of hydrogen-bond donors (Lipinski definition) is 2. The summed E-state index contributed by atoms with van der Waals surface area (Å²) >= 11 is 0. The van der Waals surface area contributed by atoms with Crippen molar-refractivity contribution in [2.24, 2.45) is 40.4 Å². The summed E-state index contributed by atoms with van der Waals surface area (Å²) in [6.07, 6.45) is 10.8. The molecular formula is C28H46O2. The lowest BCUT2D eigenvalue weighted by Gasteiger charge is -2.56. The minimum absolute atomic E-state index is 0.117. The summed E-state index contributed by atoms with van der Waals surface area (Å²) in [5.74, 6) is 3.06. The van der Waals surface area contributed by atoms with E-state index in [4.69, 9.17) is 0 Å². The third-order valence-electron chi connectivity index (χ3n) is 10.5. The van der Waals surface area contributed by atoms with Gasteiger partial charge in [0.05, 0.1) is 12.2 Å². The van der Waals surface area contributed by atoms with Crippen LogP contribution in [0.2, 0.25) is 0 Å². The summed E-state index contributed by atoms with van der Waals surface area (Å²) in [7, 11) is 0. The SMILES string of the molecule is C=C(CC[C@@H](C)[C@H]1CC[C@H]2C3=C(CC[C@]12C)[C@@]1(C)CC[C@H](O)CC1[C@@H](O)C3)C(C)C. The Labute approximate surface area is 185 Å². The van der Waals surface area contributed by atoms with Gasteiger partial charge in [0, 0.05) is 0 Å². The third-order valence-corrected chi connectivity index (χ3v) is 10.5. The molecule has 0 amide bonds. The first kappa shape index (κ1) is 22.6. The molecule has 0 heterocycles. The molecule has 170 valence electrons. The summed E-state index contributed by atoms with van der Waals surface area (Å²) < 4.78 is 0. The minimum atomic E-state index is -0.267. The Morgan fingerprint density at radius 2 is 1.83 bits per heavy atom. The maximum Gasteiger partial charge on any atom is 0.0614 e. The zero-order valence-corrected chi connectivity index (χ0v) is 20.2. The fourth-order valence-electron chi connectivity index (χ4n) is 8.36. The molecule has 4 aliphatic carbocycles. The van der Waals surface area contributed by atoms with Crippen LogP contribution < -0.4 is 0 Å². The van der Waals surface area contributed by atoms with Crippen molar-refractivity contribution < 1.29 is 10.2 Å². The number of aliphatic hydroxyl groups is 2. The number of fused-ring (bicyclic) bond motifs is 4. The molecule has 0 bridgehead atoms. The normalized spacial score (nSPS) is 44.5. The van der Waals surface area contributed by atoms with Gasteiger partial charge in [0.1, 0.15) is 0 Å². The highest BCUT2D eigenvalue weighted by Crippen LogP contribution is 2.66. The van der Waals surface area contributed by atoms with E-state index in [1.165, 1.54) is 44.1 Å². The summed E-state index contributed by atoms with van der Waals surface area (Å²) in [5.41, 5.74) is 5.27. The summed E-state index contributed by atoms with van der Waals surface area (Å²) in [4.78, 5) is 0. The second-order valence-electron chi connectivity index (χ2n) is 12.3. The summed E-state index contributed by atoms with van der Waals surface area (Å²) in [6, 6.07) is 0. The largest absolute Gasteiger partial charge is 0.393 e. The molecule has 1 unspecified atom stereocenters. The van der Waals surface area contributed by atoms with Gasteiger partial charge in [-0.3, -0.25) is 0 Å². The topological polar surface area (TPSA) is 40.5 Å². The van der Waals surface area contributed by atoms with Crippen LogP contribution in [0.3, 0.4) is 0 Å². The number of hydrogen-bond acceptors (Lipinski definition) is 2. The van der Waals surface area contributed by atoms with Crippen molar-refractivity contribution in [2.45, 2.75) is 111 Å². The lowest BCUT2D eigenvalue weighted by molar-refractivity contribution is -0.0516. The Morgan fingerprint density at radius 3 is 2.53 bits per heavy atom. The molecule has 0 aromatic rings. The summed E-state index contributed by atoms with van der Waals surface area (Å²) in [6.45, 7) is 16.3. The Morgan fingerprint density at radius 1 is 1.10 bits per heavy atom. The van der Waals surface area contributed by atoms with Crippen LogP contribution in [0.25, 0.3) is 0 Å². The molecule has 2 nitrogen and oxygen atoms in total. The van der Waals surface area contributed by atoms with E-state index in [-0.39, 0.29) is 23.5 Å². The Balaban J connectivity index is 1.56. The fourth-order valence-corrected chi connectivity index (χ4v) is 8.36. The molecule has 0 aromatic carbocycles. The average molecular weight is 415 g/mol. The number of rotatable bonds is 5. The van der Waals surface area contributed by atoms with E-state index >= 15 is 0 Å². The minimum Gasteiger partial charge on any atom is -0.393 e. The standard InChI is InChI=1S/C28H46O2/c1-17(2)18(3)7-8-19(4)22-9-10-23-21-16-26(30)25-15-20(29)11-13-28(25,6)24(21)12-14-27(22,23)5/h17,19-20,22-23,25-26,29-30H,3,7-16H2,1-2,4-6H3/t19-,20+,22-,23+,25?,26+,27-,28-/m1/s1. The van der Waals surface area contributed by atoms with E-state index in [1.807, 2.05) is 0 Å². The van der Waals surface area contributed by atoms with E-state index in [1.54, 1.807) is 11.1 Å². The predicted molar refractivity (Wildman–Crippen MR) is 125 cm³/mol. The van der Waals surface area contributed by atoms with Crippen LogP contribution in [0.4, 0.5) is 0 Å². The van der Waals surface area contributed by atoms with Crippen LogP contribution in [0.5, 0.6) is 0 Å². The van der Waals surface area contributed by atoms with Gasteiger partial charge in [-0.05, 0) is 105 Å². The van der Waals surface area contributed by atoms with E-state index in [0.717, 1.165) is 37.5 Å². The zero-order chi connectivity index (χ0) is 21.8. The quantitative estimate of drug-likeness (QED) is 0.493. The molecule has 0 spiro atoms. The lowest BCUT2D eigenvalue weighted by atomic mass is 9.50. The van der Waals surface area contributed by atoms with Crippen molar-refractivity contribution in [3.05, 3.63) is 23.3 Å². The second kappa shape index (κ2) is 8.07. The Kier molecular flexibility index (Phi) is 6.08. The van der Waals surface area contributed by atoms with Gasteiger partial charge in [0.25, 0.3) is 0 Å². The molecule has 0 saturated heterocycles. The van der Waals surface area contributed by atoms with Crippen molar-refractivity contribution in [3.63, 3.8) is 0 Å². The molecule has 0 aliphatic heterocycles. The van der Waals surface area contributed by atoms with E-state index in [2.05, 4.69) is 41.2 Å². The van der Waals surface area contributed by atoms with Gasteiger partial charge in [-0.15, -0.1) is 0 Å². The highest BCUT2D eigenvalue weighted by atomic mass is 16.3. The fraction of sp³-hybridized carbons (Fsp3) is 0.857. The molecule has 4 aliphatic rings. The third kappa shape index (κ3) is 3.54. The Bertz CT molecular complexity index is 705. The maximum absolute atomic E-state index is 11.1. The van der Waals surface area contributed by atoms with Crippen LogP contribution in [-0.2, 0) is 0 Å². The zero-order valence-electron chi connectivity index (χ0n) is 20.2. The van der Waals surface area contributed by atoms with Gasteiger partial charge in [-0.25, -0.2) is 0 Å². The van der Waals surface area contributed by atoms with Crippen LogP contribution >= 0.6 is 0 Å². The molecular weight excluding hydrogens is 368 g/mol. The van der Waals surface area contributed by atoms with E-state index in [0.29, 0.717) is 17.3 Å². The Hall–Kier alpha value is -0.600. The molecule has 4 rings (SSSR count). The highest BCUT2D eigenvalue weighted by molar-refractivity contribution is 5.35.